The minimum Gasteiger partial charge on any atom is -0.497 e. The Morgan fingerprint density at radius 3 is 2.53 bits per heavy atom. The van der Waals surface area contributed by atoms with Gasteiger partial charge in [-0.05, 0) is 24.3 Å². The summed E-state index contributed by atoms with van der Waals surface area (Å²) in [6.07, 6.45) is 2.76. The van der Waals surface area contributed by atoms with Crippen molar-refractivity contribution in [1.29, 1.82) is 0 Å². The Labute approximate surface area is 115 Å². The monoisotopic (exact) mass is 277 g/mol. The molecular formula is C13H12ClN3O2. The standard InChI is InChI=1S/C13H12ClN3O2/c1-17(9-3-5-10(19-2)6-4-9)13(18)11-7-15-8-12(14)16-11/h3-8H,1-2H3. The molecule has 0 N–H and O–H groups in total. The number of hydrogen-bond acceptors (Lipinski definition) is 4. The van der Waals surface area contributed by atoms with Crippen LogP contribution in [0, 0.1) is 0 Å². The van der Waals surface area contributed by atoms with Crippen molar-refractivity contribution in [2.45, 2.75) is 0 Å². The average Bonchev–Trinajstić information content (AvgIpc) is 2.46. The van der Waals surface area contributed by atoms with Crippen LogP contribution < -0.4 is 9.64 Å². The van der Waals surface area contributed by atoms with E-state index in [1.54, 1.807) is 38.4 Å². The van der Waals surface area contributed by atoms with Crippen molar-refractivity contribution >= 4 is 23.2 Å². The first kappa shape index (κ1) is 13.3. The first-order valence-corrected chi connectivity index (χ1v) is 5.89. The first-order valence-electron chi connectivity index (χ1n) is 5.51. The van der Waals surface area contributed by atoms with Gasteiger partial charge in [-0.2, -0.15) is 0 Å². The number of carbonyl (C=O) groups is 1. The van der Waals surface area contributed by atoms with E-state index in [0.29, 0.717) is 0 Å². The predicted octanol–water partition coefficient (Wildman–Crippen LogP) is 2.42. The molecule has 0 saturated heterocycles. The predicted molar refractivity (Wildman–Crippen MR) is 72.8 cm³/mol. The lowest BCUT2D eigenvalue weighted by atomic mass is 10.2. The molecule has 0 saturated carbocycles. The molecule has 5 nitrogen and oxygen atoms in total. The third-order valence-corrected chi connectivity index (χ3v) is 2.77. The third kappa shape index (κ3) is 3.00. The number of amides is 1. The second-order valence-corrected chi connectivity index (χ2v) is 4.18. The number of hydrogen-bond donors (Lipinski definition) is 0. The zero-order valence-electron chi connectivity index (χ0n) is 10.5. The summed E-state index contributed by atoms with van der Waals surface area (Å²) in [5.41, 5.74) is 0.929. The molecule has 2 aromatic rings. The lowest BCUT2D eigenvalue weighted by Gasteiger charge is -2.17. The van der Waals surface area contributed by atoms with Gasteiger partial charge < -0.3 is 9.64 Å². The number of nitrogens with zero attached hydrogens (tertiary/aromatic N) is 3. The maximum absolute atomic E-state index is 12.2. The highest BCUT2D eigenvalue weighted by molar-refractivity contribution is 6.29. The topological polar surface area (TPSA) is 55.3 Å². The van der Waals surface area contributed by atoms with E-state index in [-0.39, 0.29) is 16.8 Å². The number of carbonyl (C=O) groups excluding carboxylic acids is 1. The Morgan fingerprint density at radius 1 is 1.26 bits per heavy atom. The number of rotatable bonds is 3. The van der Waals surface area contributed by atoms with Crippen LogP contribution in [0.25, 0.3) is 0 Å². The largest absolute Gasteiger partial charge is 0.497 e. The maximum atomic E-state index is 12.2. The number of ether oxygens (including phenoxy) is 1. The zero-order valence-corrected chi connectivity index (χ0v) is 11.3. The fraction of sp³-hybridized carbons (Fsp3) is 0.154. The molecule has 0 unspecified atom stereocenters. The molecule has 1 amide bonds. The summed E-state index contributed by atoms with van der Waals surface area (Å²) >= 11 is 5.72. The number of aromatic nitrogens is 2. The van der Waals surface area contributed by atoms with Crippen LogP contribution in [0.15, 0.2) is 36.7 Å². The van der Waals surface area contributed by atoms with Gasteiger partial charge in [0, 0.05) is 12.7 Å². The van der Waals surface area contributed by atoms with Crippen LogP contribution in [0.3, 0.4) is 0 Å². The summed E-state index contributed by atoms with van der Waals surface area (Å²) < 4.78 is 5.07. The van der Waals surface area contributed by atoms with E-state index in [0.717, 1.165) is 11.4 Å². The van der Waals surface area contributed by atoms with E-state index in [2.05, 4.69) is 9.97 Å². The summed E-state index contributed by atoms with van der Waals surface area (Å²) in [4.78, 5) is 21.4. The van der Waals surface area contributed by atoms with Crippen LogP contribution in [0.1, 0.15) is 10.5 Å². The maximum Gasteiger partial charge on any atom is 0.278 e. The van der Waals surface area contributed by atoms with Crippen molar-refractivity contribution in [3.8, 4) is 5.75 Å². The van der Waals surface area contributed by atoms with Crippen LogP contribution in [0.4, 0.5) is 5.69 Å². The minimum atomic E-state index is -0.278. The van der Waals surface area contributed by atoms with Crippen molar-refractivity contribution in [3.63, 3.8) is 0 Å². The molecule has 2 rings (SSSR count). The Balaban J connectivity index is 2.23. The highest BCUT2D eigenvalue weighted by Gasteiger charge is 2.15. The molecule has 6 heteroatoms. The molecule has 0 fully saturated rings. The van der Waals surface area contributed by atoms with Gasteiger partial charge in [0.25, 0.3) is 5.91 Å². The van der Waals surface area contributed by atoms with E-state index in [9.17, 15) is 4.79 Å². The highest BCUT2D eigenvalue weighted by Crippen LogP contribution is 2.19. The van der Waals surface area contributed by atoms with Crippen LogP contribution in [0.2, 0.25) is 5.15 Å². The molecule has 1 aromatic heterocycles. The number of benzene rings is 1. The molecule has 98 valence electrons. The molecule has 0 aliphatic carbocycles. The molecule has 0 radical (unpaired) electrons. The Bertz CT molecular complexity index is 587. The smallest absolute Gasteiger partial charge is 0.278 e. The highest BCUT2D eigenvalue weighted by atomic mass is 35.5. The van der Waals surface area contributed by atoms with Gasteiger partial charge in [-0.3, -0.25) is 9.78 Å². The molecule has 0 aliphatic rings. The summed E-state index contributed by atoms with van der Waals surface area (Å²) in [6, 6.07) is 7.13. The van der Waals surface area contributed by atoms with E-state index < -0.39 is 0 Å². The summed E-state index contributed by atoms with van der Waals surface area (Å²) in [7, 11) is 3.25. The van der Waals surface area contributed by atoms with Gasteiger partial charge in [-0.25, -0.2) is 4.98 Å². The van der Waals surface area contributed by atoms with E-state index in [4.69, 9.17) is 16.3 Å². The summed E-state index contributed by atoms with van der Waals surface area (Å²) in [5, 5.41) is 0.189. The molecular weight excluding hydrogens is 266 g/mol. The quantitative estimate of drug-likeness (QED) is 0.864. The van der Waals surface area contributed by atoms with E-state index >= 15 is 0 Å². The van der Waals surface area contributed by atoms with Crippen molar-refractivity contribution < 1.29 is 9.53 Å². The van der Waals surface area contributed by atoms with E-state index in [1.807, 2.05) is 0 Å². The Kier molecular flexibility index (Phi) is 3.97. The van der Waals surface area contributed by atoms with Gasteiger partial charge in [-0.1, -0.05) is 11.6 Å². The zero-order chi connectivity index (χ0) is 13.8. The van der Waals surface area contributed by atoms with Crippen molar-refractivity contribution in [2.75, 3.05) is 19.1 Å². The van der Waals surface area contributed by atoms with Crippen LogP contribution >= 0.6 is 11.6 Å². The fourth-order valence-corrected chi connectivity index (χ4v) is 1.69. The van der Waals surface area contributed by atoms with Gasteiger partial charge >= 0.3 is 0 Å². The lowest BCUT2D eigenvalue weighted by molar-refractivity contribution is 0.0988. The summed E-state index contributed by atoms with van der Waals surface area (Å²) in [5.74, 6) is 0.451. The lowest BCUT2D eigenvalue weighted by Crippen LogP contribution is -2.27. The average molecular weight is 278 g/mol. The Morgan fingerprint density at radius 2 is 1.95 bits per heavy atom. The Hall–Kier alpha value is -2.14. The van der Waals surface area contributed by atoms with Crippen molar-refractivity contribution in [3.05, 3.63) is 47.5 Å². The molecule has 0 spiro atoms. The fourth-order valence-electron chi connectivity index (χ4n) is 1.54. The second kappa shape index (κ2) is 5.67. The van der Waals surface area contributed by atoms with Gasteiger partial charge in [0.2, 0.25) is 0 Å². The third-order valence-electron chi connectivity index (χ3n) is 2.59. The van der Waals surface area contributed by atoms with Gasteiger partial charge in [0.15, 0.2) is 0 Å². The molecule has 1 heterocycles. The minimum absolute atomic E-state index is 0.189. The summed E-state index contributed by atoms with van der Waals surface area (Å²) in [6.45, 7) is 0. The molecule has 19 heavy (non-hydrogen) atoms. The SMILES string of the molecule is COc1ccc(N(C)C(=O)c2cncc(Cl)n2)cc1. The number of halogens is 1. The second-order valence-electron chi connectivity index (χ2n) is 3.79. The first-order chi connectivity index (χ1) is 9.11. The van der Waals surface area contributed by atoms with Crippen LogP contribution in [-0.4, -0.2) is 30.0 Å². The molecule has 0 atom stereocenters. The van der Waals surface area contributed by atoms with Crippen molar-refractivity contribution in [1.82, 2.24) is 9.97 Å². The molecule has 0 bridgehead atoms. The van der Waals surface area contributed by atoms with Crippen LogP contribution in [-0.2, 0) is 0 Å². The van der Waals surface area contributed by atoms with Gasteiger partial charge in [0.05, 0.1) is 19.5 Å². The van der Waals surface area contributed by atoms with E-state index in [1.165, 1.54) is 17.3 Å². The number of anilines is 1. The normalized spacial score (nSPS) is 10.1. The van der Waals surface area contributed by atoms with Gasteiger partial charge in [0.1, 0.15) is 16.6 Å². The molecule has 0 aliphatic heterocycles. The van der Waals surface area contributed by atoms with Gasteiger partial charge in [-0.15, -0.1) is 0 Å². The number of methoxy groups -OCH3 is 1. The van der Waals surface area contributed by atoms with Crippen LogP contribution in [0.5, 0.6) is 5.75 Å². The molecule has 1 aromatic carbocycles. The van der Waals surface area contributed by atoms with Crippen molar-refractivity contribution in [2.24, 2.45) is 0 Å².